The molecule has 7 heteroatoms. The smallest absolute Gasteiger partial charge is 0.280 e. The third-order valence-electron chi connectivity index (χ3n) is 4.87. The van der Waals surface area contributed by atoms with E-state index in [1.807, 2.05) is 36.4 Å². The molecule has 0 spiro atoms. The molecule has 1 aromatic heterocycles. The maximum absolute atomic E-state index is 12.8. The Balaban J connectivity index is 1.45. The third-order valence-corrected chi connectivity index (χ3v) is 4.87. The first kappa shape index (κ1) is 21.0. The van der Waals surface area contributed by atoms with Crippen LogP contribution >= 0.6 is 0 Å². The zero-order valence-corrected chi connectivity index (χ0v) is 17.6. The molecule has 0 fully saturated rings. The first-order chi connectivity index (χ1) is 15.6. The van der Waals surface area contributed by atoms with E-state index in [0.29, 0.717) is 29.5 Å². The van der Waals surface area contributed by atoms with Gasteiger partial charge in [0.2, 0.25) is 0 Å². The molecule has 0 bridgehead atoms. The number of rotatable bonds is 8. The zero-order chi connectivity index (χ0) is 22.3. The molecule has 4 aromatic rings. The van der Waals surface area contributed by atoms with E-state index in [2.05, 4.69) is 10.4 Å². The number of carbonyl (C=O) groups excluding carboxylic acids is 1. The highest BCUT2D eigenvalue weighted by molar-refractivity contribution is 6.05. The summed E-state index contributed by atoms with van der Waals surface area (Å²) in [5.74, 6) is 0.493. The van der Waals surface area contributed by atoms with E-state index in [9.17, 15) is 9.90 Å². The van der Waals surface area contributed by atoms with E-state index >= 15 is 0 Å². The zero-order valence-electron chi connectivity index (χ0n) is 17.6. The van der Waals surface area contributed by atoms with Crippen molar-refractivity contribution < 1.29 is 19.4 Å². The van der Waals surface area contributed by atoms with Gasteiger partial charge in [-0.1, -0.05) is 42.5 Å². The van der Waals surface area contributed by atoms with Gasteiger partial charge in [-0.2, -0.15) is 5.10 Å². The predicted molar refractivity (Wildman–Crippen MR) is 122 cm³/mol. The molecule has 1 amide bonds. The van der Waals surface area contributed by atoms with Crippen LogP contribution < -0.4 is 14.8 Å². The minimum absolute atomic E-state index is 0.0834. The normalized spacial score (nSPS) is 10.5. The Kier molecular flexibility index (Phi) is 6.36. The summed E-state index contributed by atoms with van der Waals surface area (Å²) in [6.07, 6.45) is 2.13. The van der Waals surface area contributed by atoms with Gasteiger partial charge in [-0.05, 0) is 42.0 Å². The van der Waals surface area contributed by atoms with Gasteiger partial charge >= 0.3 is 0 Å². The summed E-state index contributed by atoms with van der Waals surface area (Å²) in [5, 5.41) is 17.3. The van der Waals surface area contributed by atoms with Crippen LogP contribution in [0.5, 0.6) is 17.2 Å². The lowest BCUT2D eigenvalue weighted by Crippen LogP contribution is -2.14. The van der Waals surface area contributed by atoms with E-state index in [0.717, 1.165) is 6.42 Å². The molecule has 0 saturated heterocycles. The first-order valence-electron chi connectivity index (χ1n) is 10.1. The van der Waals surface area contributed by atoms with Crippen molar-refractivity contribution >= 4 is 11.6 Å². The molecule has 0 aliphatic rings. The Hall–Kier alpha value is -4.26. The largest absolute Gasteiger partial charge is 0.504 e. The number of carbonyl (C=O) groups is 1. The summed E-state index contributed by atoms with van der Waals surface area (Å²) in [4.78, 5) is 12.8. The summed E-state index contributed by atoms with van der Waals surface area (Å²) in [6.45, 7) is 0.467. The molecule has 4 rings (SSSR count). The number of hydrogen-bond acceptors (Lipinski definition) is 5. The van der Waals surface area contributed by atoms with Crippen LogP contribution in [0.25, 0.3) is 5.69 Å². The van der Waals surface area contributed by atoms with Crippen LogP contribution in [0.1, 0.15) is 16.1 Å². The fraction of sp³-hybridized carbons (Fsp3) is 0.120. The van der Waals surface area contributed by atoms with Crippen molar-refractivity contribution in [1.29, 1.82) is 0 Å². The van der Waals surface area contributed by atoms with Crippen molar-refractivity contribution in [2.45, 2.75) is 6.42 Å². The molecule has 0 unspecified atom stereocenters. The molecule has 0 radical (unpaired) electrons. The molecular weight excluding hydrogens is 406 g/mol. The molecule has 0 aliphatic carbocycles. The van der Waals surface area contributed by atoms with Gasteiger partial charge in [0.05, 0.1) is 31.3 Å². The molecule has 32 heavy (non-hydrogen) atoms. The predicted octanol–water partition coefficient (Wildman–Crippen LogP) is 4.46. The number of para-hydroxylation sites is 2. The van der Waals surface area contributed by atoms with Crippen LogP contribution in [0, 0.1) is 0 Å². The van der Waals surface area contributed by atoms with Crippen LogP contribution in [-0.2, 0) is 6.42 Å². The number of ether oxygens (including phenoxy) is 2. The van der Waals surface area contributed by atoms with Gasteiger partial charge in [0.25, 0.3) is 5.91 Å². The molecule has 3 aromatic carbocycles. The standard InChI is InChI=1S/C25H23N3O4/c1-31-20-13-11-19(12-14-20)28-17-22(29)24(27-28)25(30)26-21-9-5-6-10-23(21)32-16-15-18-7-3-2-4-8-18/h2-14,17,29H,15-16H2,1H3,(H,26,30). The highest BCUT2D eigenvalue weighted by Gasteiger charge is 2.19. The lowest BCUT2D eigenvalue weighted by molar-refractivity contribution is 0.101. The van der Waals surface area contributed by atoms with E-state index in [1.165, 1.54) is 16.4 Å². The topological polar surface area (TPSA) is 85.6 Å². The molecule has 1 heterocycles. The highest BCUT2D eigenvalue weighted by Crippen LogP contribution is 2.26. The second-order valence-electron chi connectivity index (χ2n) is 7.04. The average Bonchev–Trinajstić information content (AvgIpc) is 3.22. The number of nitrogens with zero attached hydrogens (tertiary/aromatic N) is 2. The highest BCUT2D eigenvalue weighted by atomic mass is 16.5. The summed E-state index contributed by atoms with van der Waals surface area (Å²) >= 11 is 0. The van der Waals surface area contributed by atoms with E-state index in [-0.39, 0.29) is 11.4 Å². The Bertz CT molecular complexity index is 1190. The second-order valence-corrected chi connectivity index (χ2v) is 7.04. The third kappa shape index (κ3) is 4.89. The van der Waals surface area contributed by atoms with Gasteiger partial charge in [0, 0.05) is 6.42 Å². The molecule has 162 valence electrons. The minimum atomic E-state index is -0.533. The molecule has 2 N–H and O–H groups in total. The lowest BCUT2D eigenvalue weighted by Gasteiger charge is -2.12. The SMILES string of the molecule is COc1ccc(-n2cc(O)c(C(=O)Nc3ccccc3OCCc3ccccc3)n2)cc1. The van der Waals surface area contributed by atoms with Crippen LogP contribution in [0.2, 0.25) is 0 Å². The summed E-state index contributed by atoms with van der Waals surface area (Å²) in [7, 11) is 1.58. The van der Waals surface area contributed by atoms with Gasteiger partial charge in [0.1, 0.15) is 11.5 Å². The Morgan fingerprint density at radius 2 is 1.72 bits per heavy atom. The maximum atomic E-state index is 12.8. The summed E-state index contributed by atoms with van der Waals surface area (Å²) in [5.41, 5.74) is 2.27. The Morgan fingerprint density at radius 1 is 1.00 bits per heavy atom. The number of hydrogen-bond donors (Lipinski definition) is 2. The van der Waals surface area contributed by atoms with Crippen LogP contribution in [-0.4, -0.2) is 34.5 Å². The number of aromatic hydroxyl groups is 1. The number of amides is 1. The number of aromatic nitrogens is 2. The molecule has 0 atom stereocenters. The van der Waals surface area contributed by atoms with Gasteiger partial charge in [-0.15, -0.1) is 0 Å². The fourth-order valence-corrected chi connectivity index (χ4v) is 3.19. The summed E-state index contributed by atoms with van der Waals surface area (Å²) < 4.78 is 12.5. The first-order valence-corrected chi connectivity index (χ1v) is 10.1. The van der Waals surface area contributed by atoms with Crippen LogP contribution in [0.3, 0.4) is 0 Å². The van der Waals surface area contributed by atoms with Crippen molar-refractivity contribution in [3.63, 3.8) is 0 Å². The second kappa shape index (κ2) is 9.70. The van der Waals surface area contributed by atoms with Crippen LogP contribution in [0.4, 0.5) is 5.69 Å². The number of benzene rings is 3. The Morgan fingerprint density at radius 3 is 2.47 bits per heavy atom. The Labute approximate surface area is 185 Å². The van der Waals surface area contributed by atoms with Crippen molar-refractivity contribution in [2.75, 3.05) is 19.0 Å². The molecule has 7 nitrogen and oxygen atoms in total. The van der Waals surface area contributed by atoms with Crippen molar-refractivity contribution in [2.24, 2.45) is 0 Å². The van der Waals surface area contributed by atoms with E-state index in [1.54, 1.807) is 49.6 Å². The number of anilines is 1. The lowest BCUT2D eigenvalue weighted by atomic mass is 10.2. The number of nitrogens with one attached hydrogen (secondary N) is 1. The summed E-state index contributed by atoms with van der Waals surface area (Å²) in [6, 6.07) is 24.3. The fourth-order valence-electron chi connectivity index (χ4n) is 3.19. The monoisotopic (exact) mass is 429 g/mol. The van der Waals surface area contributed by atoms with Crippen molar-refractivity contribution in [3.8, 4) is 22.9 Å². The van der Waals surface area contributed by atoms with Gasteiger partial charge in [0.15, 0.2) is 11.4 Å². The molecule has 0 saturated carbocycles. The number of methoxy groups -OCH3 is 1. The van der Waals surface area contributed by atoms with Gasteiger partial charge in [-0.3, -0.25) is 4.79 Å². The quantitative estimate of drug-likeness (QED) is 0.432. The van der Waals surface area contributed by atoms with Crippen molar-refractivity contribution in [1.82, 2.24) is 9.78 Å². The van der Waals surface area contributed by atoms with Gasteiger partial charge < -0.3 is 19.9 Å². The van der Waals surface area contributed by atoms with Gasteiger partial charge in [-0.25, -0.2) is 4.68 Å². The van der Waals surface area contributed by atoms with E-state index < -0.39 is 5.91 Å². The minimum Gasteiger partial charge on any atom is -0.504 e. The molecule has 0 aliphatic heterocycles. The molecular formula is C25H23N3O4. The van der Waals surface area contributed by atoms with E-state index in [4.69, 9.17) is 9.47 Å². The van der Waals surface area contributed by atoms with Crippen molar-refractivity contribution in [3.05, 3.63) is 96.3 Å². The maximum Gasteiger partial charge on any atom is 0.280 e. The average molecular weight is 429 g/mol. The van der Waals surface area contributed by atoms with Crippen LogP contribution in [0.15, 0.2) is 85.1 Å².